The Hall–Kier alpha value is -2.13. The summed E-state index contributed by atoms with van der Waals surface area (Å²) in [6.07, 6.45) is 0. The number of benzene rings is 2. The largest absolute Gasteiger partial charge is 0.459 e. The summed E-state index contributed by atoms with van der Waals surface area (Å²) in [5.74, 6) is -0.443. The highest BCUT2D eigenvalue weighted by molar-refractivity contribution is 5.77. The Morgan fingerprint density at radius 1 is 1.17 bits per heavy atom. The summed E-state index contributed by atoms with van der Waals surface area (Å²) in [5.41, 5.74) is 7.37. The van der Waals surface area contributed by atoms with Gasteiger partial charge in [-0.2, -0.15) is 0 Å². The molecule has 1 radical (unpaired) electrons. The number of rotatable bonds is 4. The molecule has 0 amide bonds. The van der Waals surface area contributed by atoms with Crippen LogP contribution in [0.1, 0.15) is 17.2 Å². The van der Waals surface area contributed by atoms with Gasteiger partial charge in [0.2, 0.25) is 0 Å². The third-order valence-corrected chi connectivity index (χ3v) is 2.55. The molecule has 2 aromatic carbocycles. The van der Waals surface area contributed by atoms with Crippen LogP contribution in [0.5, 0.6) is 0 Å². The predicted octanol–water partition coefficient (Wildman–Crippen LogP) is 2.23. The molecule has 91 valence electrons. The molecule has 0 aliphatic heterocycles. The van der Waals surface area contributed by atoms with Gasteiger partial charge in [0, 0.05) is 0 Å². The minimum Gasteiger partial charge on any atom is -0.459 e. The van der Waals surface area contributed by atoms with Crippen LogP contribution in [0.3, 0.4) is 0 Å². The number of esters is 1. The first kappa shape index (κ1) is 12.3. The summed E-state index contributed by atoms with van der Waals surface area (Å²) >= 11 is 0. The first-order valence-electron chi connectivity index (χ1n) is 5.70. The van der Waals surface area contributed by atoms with Gasteiger partial charge < -0.3 is 10.5 Å². The van der Waals surface area contributed by atoms with Gasteiger partial charge in [-0.3, -0.25) is 0 Å². The molecule has 0 saturated carbocycles. The molecule has 3 nitrogen and oxygen atoms in total. The van der Waals surface area contributed by atoms with E-state index in [-0.39, 0.29) is 6.61 Å². The lowest BCUT2D eigenvalue weighted by Crippen LogP contribution is -2.23. The van der Waals surface area contributed by atoms with Gasteiger partial charge in [-0.25, -0.2) is 4.79 Å². The maximum atomic E-state index is 11.7. The van der Waals surface area contributed by atoms with Crippen molar-refractivity contribution in [3.63, 3.8) is 0 Å². The highest BCUT2D eigenvalue weighted by atomic mass is 16.5. The molecular formula is C15H14NO2. The normalized spacial score (nSPS) is 11.8. The van der Waals surface area contributed by atoms with Gasteiger partial charge in [0.1, 0.15) is 12.6 Å². The molecule has 1 atom stereocenters. The van der Waals surface area contributed by atoms with Gasteiger partial charge in [-0.15, -0.1) is 0 Å². The fourth-order valence-corrected chi connectivity index (χ4v) is 1.55. The molecule has 1 unspecified atom stereocenters. The molecule has 0 bridgehead atoms. The van der Waals surface area contributed by atoms with Crippen molar-refractivity contribution < 1.29 is 9.53 Å². The van der Waals surface area contributed by atoms with Crippen molar-refractivity contribution in [2.24, 2.45) is 5.73 Å². The summed E-state index contributed by atoms with van der Waals surface area (Å²) in [5, 5.41) is 0. The van der Waals surface area contributed by atoms with Gasteiger partial charge in [-0.1, -0.05) is 54.6 Å². The van der Waals surface area contributed by atoms with E-state index in [1.54, 1.807) is 12.1 Å². The first-order valence-corrected chi connectivity index (χ1v) is 5.70. The molecule has 0 fully saturated rings. The van der Waals surface area contributed by atoms with Gasteiger partial charge >= 0.3 is 5.97 Å². The topological polar surface area (TPSA) is 52.3 Å². The monoisotopic (exact) mass is 240 g/mol. The molecule has 0 aliphatic carbocycles. The number of ether oxygens (including phenoxy) is 1. The van der Waals surface area contributed by atoms with Crippen LogP contribution >= 0.6 is 0 Å². The molecular weight excluding hydrogens is 226 g/mol. The highest BCUT2D eigenvalue weighted by Gasteiger charge is 2.16. The van der Waals surface area contributed by atoms with Crippen molar-refractivity contribution in [1.29, 1.82) is 0 Å². The Balaban J connectivity index is 1.93. The number of carbonyl (C=O) groups excluding carboxylic acids is 1. The van der Waals surface area contributed by atoms with E-state index in [0.29, 0.717) is 5.56 Å². The Morgan fingerprint density at radius 2 is 1.89 bits per heavy atom. The molecule has 18 heavy (non-hydrogen) atoms. The van der Waals surface area contributed by atoms with E-state index in [1.807, 2.05) is 42.5 Å². The SMILES string of the molecule is NC(C(=O)OCc1ccccc1)c1[c]cccc1. The zero-order valence-electron chi connectivity index (χ0n) is 9.87. The van der Waals surface area contributed by atoms with E-state index in [9.17, 15) is 4.79 Å². The summed E-state index contributed by atoms with van der Waals surface area (Å²) in [6, 6.07) is 18.8. The van der Waals surface area contributed by atoms with Crippen LogP contribution in [0.4, 0.5) is 0 Å². The second-order valence-electron chi connectivity index (χ2n) is 3.89. The Labute approximate surface area is 106 Å². The molecule has 2 rings (SSSR count). The second kappa shape index (κ2) is 5.98. The van der Waals surface area contributed by atoms with Crippen molar-refractivity contribution in [2.75, 3.05) is 0 Å². The molecule has 2 aromatic rings. The van der Waals surface area contributed by atoms with Gasteiger partial charge in [0.25, 0.3) is 0 Å². The predicted molar refractivity (Wildman–Crippen MR) is 68.4 cm³/mol. The zero-order valence-corrected chi connectivity index (χ0v) is 9.87. The minimum absolute atomic E-state index is 0.236. The third-order valence-electron chi connectivity index (χ3n) is 2.55. The van der Waals surface area contributed by atoms with E-state index in [4.69, 9.17) is 10.5 Å². The van der Waals surface area contributed by atoms with Crippen LogP contribution in [-0.4, -0.2) is 5.97 Å². The van der Waals surface area contributed by atoms with E-state index in [1.165, 1.54) is 0 Å². The quantitative estimate of drug-likeness (QED) is 0.834. The summed E-state index contributed by atoms with van der Waals surface area (Å²) < 4.78 is 5.16. The number of hydrogen-bond acceptors (Lipinski definition) is 3. The maximum Gasteiger partial charge on any atom is 0.327 e. The standard InChI is InChI=1S/C15H14NO2/c16-14(13-9-5-2-6-10-13)15(17)18-11-12-7-3-1-4-8-12/h1-9,14H,11,16H2. The van der Waals surface area contributed by atoms with Crippen molar-refractivity contribution in [2.45, 2.75) is 12.6 Å². The smallest absolute Gasteiger partial charge is 0.327 e. The summed E-state index contributed by atoms with van der Waals surface area (Å²) in [4.78, 5) is 11.7. The number of carbonyl (C=O) groups is 1. The van der Waals surface area contributed by atoms with E-state index in [2.05, 4.69) is 6.07 Å². The summed E-state index contributed by atoms with van der Waals surface area (Å²) in [7, 11) is 0. The van der Waals surface area contributed by atoms with Crippen molar-refractivity contribution in [3.05, 3.63) is 71.8 Å². The fourth-order valence-electron chi connectivity index (χ4n) is 1.55. The van der Waals surface area contributed by atoms with Crippen molar-refractivity contribution in [1.82, 2.24) is 0 Å². The van der Waals surface area contributed by atoms with Crippen LogP contribution in [0, 0.1) is 6.07 Å². The fraction of sp³-hybridized carbons (Fsp3) is 0.133. The highest BCUT2D eigenvalue weighted by Crippen LogP contribution is 2.11. The first-order chi connectivity index (χ1) is 8.77. The Kier molecular flexibility index (Phi) is 4.10. The average molecular weight is 240 g/mol. The third kappa shape index (κ3) is 3.18. The molecule has 3 heteroatoms. The minimum atomic E-state index is -0.782. The zero-order chi connectivity index (χ0) is 12.8. The Morgan fingerprint density at radius 3 is 2.56 bits per heavy atom. The van der Waals surface area contributed by atoms with Crippen LogP contribution in [0.2, 0.25) is 0 Å². The molecule has 0 spiro atoms. The maximum absolute atomic E-state index is 11.7. The molecule has 2 N–H and O–H groups in total. The second-order valence-corrected chi connectivity index (χ2v) is 3.89. The number of nitrogens with two attached hydrogens (primary N) is 1. The molecule has 0 aromatic heterocycles. The summed E-state index contributed by atoms with van der Waals surface area (Å²) in [6.45, 7) is 0.236. The molecule has 0 saturated heterocycles. The van der Waals surface area contributed by atoms with E-state index < -0.39 is 12.0 Å². The lowest BCUT2D eigenvalue weighted by molar-refractivity contribution is -0.146. The van der Waals surface area contributed by atoms with Crippen LogP contribution in [-0.2, 0) is 16.1 Å². The van der Waals surface area contributed by atoms with Gasteiger partial charge in [0.15, 0.2) is 0 Å². The van der Waals surface area contributed by atoms with Crippen LogP contribution < -0.4 is 5.73 Å². The molecule has 0 aliphatic rings. The van der Waals surface area contributed by atoms with Crippen molar-refractivity contribution >= 4 is 5.97 Å². The van der Waals surface area contributed by atoms with Gasteiger partial charge in [-0.05, 0) is 17.2 Å². The van der Waals surface area contributed by atoms with Gasteiger partial charge in [0.05, 0.1) is 0 Å². The lowest BCUT2D eigenvalue weighted by Gasteiger charge is -2.11. The average Bonchev–Trinajstić information content (AvgIpc) is 2.46. The van der Waals surface area contributed by atoms with Crippen molar-refractivity contribution in [3.8, 4) is 0 Å². The van der Waals surface area contributed by atoms with Crippen LogP contribution in [0.25, 0.3) is 0 Å². The lowest BCUT2D eigenvalue weighted by atomic mass is 10.1. The number of hydrogen-bond donors (Lipinski definition) is 1. The Bertz CT molecular complexity index is 496. The molecule has 0 heterocycles. The van der Waals surface area contributed by atoms with E-state index in [0.717, 1.165) is 5.56 Å². The van der Waals surface area contributed by atoms with E-state index >= 15 is 0 Å². The van der Waals surface area contributed by atoms with Crippen LogP contribution in [0.15, 0.2) is 54.6 Å².